The molecule has 8 rings (SSSR count). The molecule has 1 aliphatic rings. The molecule has 5 heteroatoms. The van der Waals surface area contributed by atoms with E-state index in [1.165, 1.54) is 32.7 Å². The van der Waals surface area contributed by atoms with E-state index in [1.807, 2.05) is 55.0 Å². The number of nitrogens with one attached hydrogen (secondary N) is 2. The van der Waals surface area contributed by atoms with E-state index in [2.05, 4.69) is 118 Å². The third-order valence-electron chi connectivity index (χ3n) is 8.57. The lowest BCUT2D eigenvalue weighted by molar-refractivity contribution is 1.33. The molecular weight excluding hydrogens is 574 g/mol. The molecule has 1 aliphatic carbocycles. The Kier molecular flexibility index (Phi) is 7.25. The minimum atomic E-state index is 0.358. The lowest BCUT2D eigenvalue weighted by Crippen LogP contribution is -2.13. The number of hydrogen-bond donors (Lipinski definition) is 2. The van der Waals surface area contributed by atoms with Gasteiger partial charge in [0.1, 0.15) is 5.71 Å². The molecule has 0 radical (unpaired) electrons. The number of nitrogens with zero attached hydrogens (tertiary/aromatic N) is 3. The van der Waals surface area contributed by atoms with Crippen LogP contribution >= 0.6 is 0 Å². The molecule has 2 N–H and O–H groups in total. The van der Waals surface area contributed by atoms with E-state index in [0.29, 0.717) is 11.4 Å². The predicted molar refractivity (Wildman–Crippen MR) is 196 cm³/mol. The zero-order valence-electron chi connectivity index (χ0n) is 25.4. The smallest absolute Gasteiger partial charge is 0.109 e. The number of hydrazone groups is 1. The van der Waals surface area contributed by atoms with Crippen LogP contribution in [0.5, 0.6) is 0 Å². The molecule has 47 heavy (non-hydrogen) atoms. The van der Waals surface area contributed by atoms with Crippen LogP contribution in [0.2, 0.25) is 0 Å². The first-order chi connectivity index (χ1) is 23.2. The van der Waals surface area contributed by atoms with E-state index in [0.717, 1.165) is 39.1 Å². The molecule has 0 fully saturated rings. The summed E-state index contributed by atoms with van der Waals surface area (Å²) in [5.41, 5.74) is 13.8. The zero-order valence-corrected chi connectivity index (χ0v) is 25.4. The lowest BCUT2D eigenvalue weighted by atomic mass is 9.86. The summed E-state index contributed by atoms with van der Waals surface area (Å²) in [7, 11) is 0. The highest BCUT2D eigenvalue weighted by Gasteiger charge is 2.16. The number of aromatic nitrogens is 2. The maximum atomic E-state index is 8.48. The van der Waals surface area contributed by atoms with Gasteiger partial charge < -0.3 is 0 Å². The number of pyridine rings is 2. The maximum absolute atomic E-state index is 8.48. The molecule has 5 aromatic carbocycles. The minimum Gasteiger partial charge on any atom is -0.299 e. The van der Waals surface area contributed by atoms with Crippen molar-refractivity contribution in [3.8, 4) is 33.4 Å². The Morgan fingerprint density at radius 2 is 1.02 bits per heavy atom. The SMILES string of the molecule is N=C1C=CC(c2ccc(-c3cccnc3)cc2)=C/C1=N/Nc1ccc(-c2c3ccccc3c(-c3cccnc3)c3ccccc23)cc1. The van der Waals surface area contributed by atoms with Gasteiger partial charge in [0.05, 0.1) is 11.4 Å². The van der Waals surface area contributed by atoms with Crippen LogP contribution in [-0.2, 0) is 0 Å². The first-order valence-corrected chi connectivity index (χ1v) is 15.5. The summed E-state index contributed by atoms with van der Waals surface area (Å²) in [5, 5.41) is 17.9. The molecule has 0 atom stereocenters. The van der Waals surface area contributed by atoms with E-state index in [9.17, 15) is 0 Å². The number of fused-ring (bicyclic) bond motifs is 2. The Morgan fingerprint density at radius 3 is 1.60 bits per heavy atom. The number of anilines is 1. The van der Waals surface area contributed by atoms with E-state index in [4.69, 9.17) is 5.41 Å². The lowest BCUT2D eigenvalue weighted by Gasteiger charge is -2.17. The number of rotatable bonds is 6. The Bertz CT molecular complexity index is 2300. The van der Waals surface area contributed by atoms with Crippen molar-refractivity contribution in [1.82, 2.24) is 9.97 Å². The summed E-state index contributed by atoms with van der Waals surface area (Å²) in [5.74, 6) is 0. The molecule has 0 unspecified atom stereocenters. The van der Waals surface area contributed by atoms with Gasteiger partial charge in [-0.15, -0.1) is 0 Å². The summed E-state index contributed by atoms with van der Waals surface area (Å²) in [6.07, 6.45) is 13.1. The standard InChI is InChI=1S/C42H29N5/c43-39-22-19-31(28-13-15-29(16-14-28)32-7-5-23-44-26-32)25-40(39)47-46-34-20-17-30(18-21-34)41-35-9-1-3-11-37(35)42(33-8-6-24-45-27-33)38-12-4-2-10-36(38)41/h1-27,43,46H/b43-39?,47-40-. The molecule has 0 amide bonds. The summed E-state index contributed by atoms with van der Waals surface area (Å²) in [6.45, 7) is 0. The van der Waals surface area contributed by atoms with Gasteiger partial charge in [-0.25, -0.2) is 0 Å². The van der Waals surface area contributed by atoms with E-state index >= 15 is 0 Å². The second kappa shape index (κ2) is 12.1. The molecule has 2 heterocycles. The van der Waals surface area contributed by atoms with Gasteiger partial charge >= 0.3 is 0 Å². The van der Waals surface area contributed by atoms with Crippen LogP contribution in [0.4, 0.5) is 5.69 Å². The fourth-order valence-electron chi connectivity index (χ4n) is 6.29. The minimum absolute atomic E-state index is 0.358. The van der Waals surface area contributed by atoms with Gasteiger partial charge in [0, 0.05) is 30.4 Å². The quantitative estimate of drug-likeness (QED) is 0.113. The third-order valence-corrected chi connectivity index (χ3v) is 8.57. The van der Waals surface area contributed by atoms with Crippen LogP contribution in [0.1, 0.15) is 5.56 Å². The van der Waals surface area contributed by atoms with E-state index in [1.54, 1.807) is 12.3 Å². The van der Waals surface area contributed by atoms with Crippen molar-refractivity contribution in [1.29, 1.82) is 5.41 Å². The van der Waals surface area contributed by atoms with Crippen molar-refractivity contribution in [2.24, 2.45) is 5.10 Å². The molecule has 5 nitrogen and oxygen atoms in total. The van der Waals surface area contributed by atoms with E-state index < -0.39 is 0 Å². The van der Waals surface area contributed by atoms with Crippen molar-refractivity contribution < 1.29 is 0 Å². The van der Waals surface area contributed by atoms with Crippen molar-refractivity contribution >= 4 is 44.2 Å². The van der Waals surface area contributed by atoms with Gasteiger partial charge in [-0.05, 0) is 96.9 Å². The number of benzene rings is 5. The largest absolute Gasteiger partial charge is 0.299 e. The van der Waals surface area contributed by atoms with Gasteiger partial charge in [-0.1, -0.05) is 103 Å². The first kappa shape index (κ1) is 28.0. The summed E-state index contributed by atoms with van der Waals surface area (Å²) in [4.78, 5) is 8.64. The van der Waals surface area contributed by atoms with E-state index in [-0.39, 0.29) is 0 Å². The van der Waals surface area contributed by atoms with Crippen molar-refractivity contribution in [2.75, 3.05) is 5.43 Å². The molecular formula is C42H29N5. The van der Waals surface area contributed by atoms with Gasteiger partial charge in [0.15, 0.2) is 0 Å². The Hall–Kier alpha value is -6.46. The maximum Gasteiger partial charge on any atom is 0.109 e. The third kappa shape index (κ3) is 5.40. The van der Waals surface area contributed by atoms with Crippen LogP contribution < -0.4 is 5.43 Å². The van der Waals surface area contributed by atoms with Crippen LogP contribution in [0, 0.1) is 5.41 Å². The highest BCUT2D eigenvalue weighted by atomic mass is 15.3. The molecule has 0 saturated heterocycles. The van der Waals surface area contributed by atoms with Crippen LogP contribution in [0.25, 0.3) is 60.5 Å². The molecule has 7 aromatic rings. The van der Waals surface area contributed by atoms with Crippen molar-refractivity contribution in [3.05, 3.63) is 170 Å². The fraction of sp³-hybridized carbons (Fsp3) is 0. The average Bonchev–Trinajstić information content (AvgIpc) is 3.14. The first-order valence-electron chi connectivity index (χ1n) is 15.5. The normalized spacial score (nSPS) is 13.7. The Morgan fingerprint density at radius 1 is 0.489 bits per heavy atom. The average molecular weight is 604 g/mol. The Balaban J connectivity index is 1.10. The van der Waals surface area contributed by atoms with Gasteiger partial charge in [-0.3, -0.25) is 20.8 Å². The second-order valence-electron chi connectivity index (χ2n) is 11.4. The zero-order chi connectivity index (χ0) is 31.6. The number of allylic oxidation sites excluding steroid dienone is 4. The van der Waals surface area contributed by atoms with Crippen molar-refractivity contribution in [3.63, 3.8) is 0 Å². The summed E-state index contributed by atoms with van der Waals surface area (Å²) >= 11 is 0. The molecule has 222 valence electrons. The number of hydrogen-bond acceptors (Lipinski definition) is 5. The molecule has 0 aliphatic heterocycles. The molecule has 0 bridgehead atoms. The fourth-order valence-corrected chi connectivity index (χ4v) is 6.29. The summed E-state index contributed by atoms with van der Waals surface area (Å²) in [6, 6.07) is 42.0. The Labute approximate surface area is 272 Å². The highest BCUT2D eigenvalue weighted by Crippen LogP contribution is 2.43. The van der Waals surface area contributed by atoms with Crippen LogP contribution in [0.3, 0.4) is 0 Å². The van der Waals surface area contributed by atoms with Crippen LogP contribution in [-0.4, -0.2) is 21.4 Å². The van der Waals surface area contributed by atoms with Gasteiger partial charge in [-0.2, -0.15) is 5.10 Å². The van der Waals surface area contributed by atoms with Crippen LogP contribution in [0.15, 0.2) is 169 Å². The molecule has 0 spiro atoms. The van der Waals surface area contributed by atoms with Crippen molar-refractivity contribution in [2.45, 2.75) is 0 Å². The second-order valence-corrected chi connectivity index (χ2v) is 11.4. The molecule has 2 aromatic heterocycles. The highest BCUT2D eigenvalue weighted by molar-refractivity contribution is 6.51. The topological polar surface area (TPSA) is 74.0 Å². The predicted octanol–water partition coefficient (Wildman–Crippen LogP) is 10.2. The van der Waals surface area contributed by atoms with Gasteiger partial charge in [0.25, 0.3) is 0 Å². The van der Waals surface area contributed by atoms with Gasteiger partial charge in [0.2, 0.25) is 0 Å². The molecule has 0 saturated carbocycles. The monoisotopic (exact) mass is 603 g/mol. The summed E-state index contributed by atoms with van der Waals surface area (Å²) < 4.78 is 0.